The van der Waals surface area contributed by atoms with E-state index in [0.717, 1.165) is 6.08 Å². The molecule has 1 aromatic rings. The van der Waals surface area contributed by atoms with Crippen LogP contribution in [0.4, 0.5) is 0 Å². The molecule has 0 amide bonds. The number of carbonyl (C=O) groups is 3. The molecule has 4 heteroatoms. The predicted octanol–water partition coefficient (Wildman–Crippen LogP) is 0.908. The number of ketones is 3. The molecule has 0 bridgehead atoms. The summed E-state index contributed by atoms with van der Waals surface area (Å²) in [5.41, 5.74) is 5.92. The van der Waals surface area contributed by atoms with Gasteiger partial charge in [0.1, 0.15) is 0 Å². The Hall–Kier alpha value is -2.07. The van der Waals surface area contributed by atoms with Gasteiger partial charge in [-0.1, -0.05) is 24.3 Å². The van der Waals surface area contributed by atoms with Gasteiger partial charge in [-0.15, -0.1) is 0 Å². The lowest BCUT2D eigenvalue weighted by Gasteiger charge is -2.15. The van der Waals surface area contributed by atoms with Gasteiger partial charge in [0.05, 0.1) is 11.6 Å². The molecule has 0 spiro atoms. The molecule has 17 heavy (non-hydrogen) atoms. The van der Waals surface area contributed by atoms with Crippen LogP contribution in [0.25, 0.3) is 0 Å². The molecule has 0 fully saturated rings. The Bertz CT molecular complexity index is 556. The van der Waals surface area contributed by atoms with E-state index in [2.05, 4.69) is 0 Å². The van der Waals surface area contributed by atoms with Gasteiger partial charge in [-0.25, -0.2) is 0 Å². The predicted molar refractivity (Wildman–Crippen MR) is 61.8 cm³/mol. The number of benzene rings is 1. The summed E-state index contributed by atoms with van der Waals surface area (Å²) in [6, 6.07) is 5.65. The Morgan fingerprint density at radius 1 is 1.18 bits per heavy atom. The quantitative estimate of drug-likeness (QED) is 0.764. The highest BCUT2D eigenvalue weighted by Crippen LogP contribution is 2.21. The first-order valence-electron chi connectivity index (χ1n) is 5.22. The van der Waals surface area contributed by atoms with Gasteiger partial charge in [0.2, 0.25) is 0 Å². The number of rotatable bonds is 2. The summed E-state index contributed by atoms with van der Waals surface area (Å²) in [6.07, 6.45) is 1.08. The molecule has 0 saturated heterocycles. The molecule has 1 atom stereocenters. The zero-order chi connectivity index (χ0) is 12.6. The molecule has 1 aromatic carbocycles. The van der Waals surface area contributed by atoms with E-state index >= 15 is 0 Å². The minimum absolute atomic E-state index is 0.122. The van der Waals surface area contributed by atoms with Crippen LogP contribution in [0.2, 0.25) is 0 Å². The van der Waals surface area contributed by atoms with E-state index in [9.17, 15) is 14.4 Å². The maximum Gasteiger partial charge on any atom is 0.197 e. The van der Waals surface area contributed by atoms with E-state index in [1.807, 2.05) is 0 Å². The van der Waals surface area contributed by atoms with Crippen molar-refractivity contribution >= 4 is 17.3 Å². The smallest absolute Gasteiger partial charge is 0.197 e. The molecule has 2 rings (SSSR count). The molecule has 0 unspecified atom stereocenters. The maximum atomic E-state index is 12.0. The van der Waals surface area contributed by atoms with Gasteiger partial charge in [0, 0.05) is 17.2 Å². The Kier molecular flexibility index (Phi) is 2.73. The summed E-state index contributed by atoms with van der Waals surface area (Å²) >= 11 is 0. The summed E-state index contributed by atoms with van der Waals surface area (Å²) in [7, 11) is 0. The van der Waals surface area contributed by atoms with Gasteiger partial charge in [-0.3, -0.25) is 14.4 Å². The fourth-order valence-electron chi connectivity index (χ4n) is 1.74. The van der Waals surface area contributed by atoms with Crippen LogP contribution in [-0.4, -0.2) is 23.4 Å². The van der Waals surface area contributed by atoms with Crippen LogP contribution in [0.1, 0.15) is 27.6 Å². The highest BCUT2D eigenvalue weighted by Gasteiger charge is 2.30. The van der Waals surface area contributed by atoms with Crippen LogP contribution in [0, 0.1) is 0 Å². The van der Waals surface area contributed by atoms with Crippen LogP contribution in [0.15, 0.2) is 35.9 Å². The summed E-state index contributed by atoms with van der Waals surface area (Å²) < 4.78 is 0. The van der Waals surface area contributed by atoms with Crippen molar-refractivity contribution in [1.82, 2.24) is 0 Å². The van der Waals surface area contributed by atoms with E-state index in [1.54, 1.807) is 18.2 Å². The summed E-state index contributed by atoms with van der Waals surface area (Å²) in [5, 5.41) is 0. The topological polar surface area (TPSA) is 77.2 Å². The zero-order valence-corrected chi connectivity index (χ0v) is 9.27. The van der Waals surface area contributed by atoms with Crippen LogP contribution in [0.3, 0.4) is 0 Å². The van der Waals surface area contributed by atoms with Crippen molar-refractivity contribution in [3.8, 4) is 0 Å². The number of hydrogen-bond donors (Lipinski definition) is 1. The van der Waals surface area contributed by atoms with Crippen molar-refractivity contribution in [3.05, 3.63) is 47.0 Å². The van der Waals surface area contributed by atoms with Crippen molar-refractivity contribution in [2.24, 2.45) is 5.73 Å². The highest BCUT2D eigenvalue weighted by molar-refractivity contribution is 6.35. The average molecular weight is 229 g/mol. The maximum absolute atomic E-state index is 12.0. The van der Waals surface area contributed by atoms with Crippen LogP contribution in [-0.2, 0) is 4.79 Å². The molecule has 4 nitrogen and oxygen atoms in total. The Labute approximate surface area is 98.1 Å². The molecule has 2 N–H and O–H groups in total. The molecule has 86 valence electrons. The Balaban J connectivity index is 2.53. The third kappa shape index (κ3) is 1.83. The SMILES string of the molecule is C[C@H](N)C(=O)C1=CC(=O)c2ccccc2C1=O. The van der Waals surface area contributed by atoms with Crippen molar-refractivity contribution < 1.29 is 14.4 Å². The highest BCUT2D eigenvalue weighted by atomic mass is 16.2. The van der Waals surface area contributed by atoms with Gasteiger partial charge in [0.25, 0.3) is 0 Å². The van der Waals surface area contributed by atoms with Gasteiger partial charge < -0.3 is 5.73 Å². The first kappa shape index (κ1) is 11.4. The van der Waals surface area contributed by atoms with Crippen LogP contribution >= 0.6 is 0 Å². The fraction of sp³-hybridized carbons (Fsp3) is 0.154. The van der Waals surface area contributed by atoms with Gasteiger partial charge in [-0.05, 0) is 6.92 Å². The second kappa shape index (κ2) is 4.07. The lowest BCUT2D eigenvalue weighted by atomic mass is 9.86. The number of carbonyl (C=O) groups excluding carboxylic acids is 3. The first-order chi connectivity index (χ1) is 8.02. The van der Waals surface area contributed by atoms with Crippen LogP contribution < -0.4 is 5.73 Å². The third-order valence-corrected chi connectivity index (χ3v) is 2.64. The minimum atomic E-state index is -0.789. The summed E-state index contributed by atoms with van der Waals surface area (Å²) in [6.45, 7) is 1.49. The third-order valence-electron chi connectivity index (χ3n) is 2.64. The van der Waals surface area contributed by atoms with Gasteiger partial charge in [-0.2, -0.15) is 0 Å². The van der Waals surface area contributed by atoms with E-state index in [-0.39, 0.29) is 16.9 Å². The Morgan fingerprint density at radius 3 is 2.35 bits per heavy atom. The average Bonchev–Trinajstić information content (AvgIpc) is 2.33. The second-order valence-corrected chi connectivity index (χ2v) is 3.95. The molecular formula is C13H11NO3. The molecular weight excluding hydrogens is 218 g/mol. The lowest BCUT2D eigenvalue weighted by Crippen LogP contribution is -2.33. The zero-order valence-electron chi connectivity index (χ0n) is 9.27. The van der Waals surface area contributed by atoms with Crippen molar-refractivity contribution in [1.29, 1.82) is 0 Å². The van der Waals surface area contributed by atoms with Gasteiger partial charge in [0.15, 0.2) is 17.3 Å². The van der Waals surface area contributed by atoms with Crippen molar-refractivity contribution in [2.45, 2.75) is 13.0 Å². The number of nitrogens with two attached hydrogens (primary N) is 1. The molecule has 1 aliphatic carbocycles. The normalized spacial score (nSPS) is 16.2. The molecule has 0 aliphatic heterocycles. The van der Waals surface area contributed by atoms with E-state index in [4.69, 9.17) is 5.73 Å². The molecule has 0 radical (unpaired) electrons. The monoisotopic (exact) mass is 229 g/mol. The summed E-state index contributed by atoms with van der Waals surface area (Å²) in [4.78, 5) is 35.5. The second-order valence-electron chi connectivity index (χ2n) is 3.95. The largest absolute Gasteiger partial charge is 0.321 e. The minimum Gasteiger partial charge on any atom is -0.321 e. The van der Waals surface area contributed by atoms with E-state index < -0.39 is 17.6 Å². The van der Waals surface area contributed by atoms with Crippen molar-refractivity contribution in [2.75, 3.05) is 0 Å². The standard InChI is InChI=1S/C13H11NO3/c1-7(14)12(16)10-6-11(15)8-4-2-3-5-9(8)13(10)17/h2-7H,14H2,1H3/t7-/m0/s1. The van der Waals surface area contributed by atoms with E-state index in [0.29, 0.717) is 5.56 Å². The fourth-order valence-corrected chi connectivity index (χ4v) is 1.74. The number of Topliss-reactive ketones (excluding diaryl/α,β-unsaturated/α-hetero) is 2. The van der Waals surface area contributed by atoms with Crippen molar-refractivity contribution in [3.63, 3.8) is 0 Å². The van der Waals surface area contributed by atoms with Gasteiger partial charge >= 0.3 is 0 Å². The van der Waals surface area contributed by atoms with Crippen LogP contribution in [0.5, 0.6) is 0 Å². The molecule has 0 heterocycles. The Morgan fingerprint density at radius 2 is 1.76 bits per heavy atom. The molecule has 1 aliphatic rings. The first-order valence-corrected chi connectivity index (χ1v) is 5.22. The lowest BCUT2D eigenvalue weighted by molar-refractivity contribution is -0.116. The van der Waals surface area contributed by atoms with E-state index in [1.165, 1.54) is 13.0 Å². The molecule has 0 aromatic heterocycles. The number of hydrogen-bond acceptors (Lipinski definition) is 4. The molecule has 0 saturated carbocycles. The summed E-state index contributed by atoms with van der Waals surface area (Å²) in [5.74, 6) is -1.26. The number of fused-ring (bicyclic) bond motifs is 1. The number of allylic oxidation sites excluding steroid dienone is 1.